The molecule has 1 saturated heterocycles. The van der Waals surface area contributed by atoms with Crippen molar-refractivity contribution in [3.8, 4) is 0 Å². The molecule has 5 N–H and O–H groups in total. The summed E-state index contributed by atoms with van der Waals surface area (Å²) in [5.41, 5.74) is 2.92. The second kappa shape index (κ2) is 20.3. The largest absolute Gasteiger partial charge is 0.354 e. The van der Waals surface area contributed by atoms with Crippen molar-refractivity contribution in [3.63, 3.8) is 0 Å². The number of hydrogen-bond donors (Lipinski definition) is 5. The summed E-state index contributed by atoms with van der Waals surface area (Å²) in [5, 5.41) is 14.7. The Morgan fingerprint density at radius 1 is 0.638 bits per heavy atom. The minimum Gasteiger partial charge on any atom is -0.354 e. The molecule has 3 aromatic rings. The highest BCUT2D eigenvalue weighted by Crippen LogP contribution is 2.42. The zero-order valence-corrected chi connectivity index (χ0v) is 33.7. The molecule has 2 saturated carbocycles. The van der Waals surface area contributed by atoms with Crippen LogP contribution in [0.3, 0.4) is 0 Å². The molecular formula is C46H58N6O6. The molecule has 0 radical (unpaired) electrons. The summed E-state index contributed by atoms with van der Waals surface area (Å²) in [6, 6.07) is 25.3. The number of hydrogen-bond acceptors (Lipinski definition) is 6. The van der Waals surface area contributed by atoms with Gasteiger partial charge < -0.3 is 31.5 Å². The van der Waals surface area contributed by atoms with E-state index in [9.17, 15) is 28.8 Å². The average Bonchev–Trinajstić information content (AvgIpc) is 4.15. The molecule has 3 aliphatic rings. The van der Waals surface area contributed by atoms with Gasteiger partial charge in [-0.2, -0.15) is 0 Å². The summed E-state index contributed by atoms with van der Waals surface area (Å²) in [7, 11) is 0. The van der Waals surface area contributed by atoms with Crippen LogP contribution in [0.15, 0.2) is 84.9 Å². The Kier molecular flexibility index (Phi) is 14.7. The molecule has 6 amide bonds. The summed E-state index contributed by atoms with van der Waals surface area (Å²) in [6.07, 6.45) is 7.40. The lowest BCUT2D eigenvalue weighted by Crippen LogP contribution is -2.52. The van der Waals surface area contributed by atoms with Crippen LogP contribution < -0.4 is 26.6 Å². The van der Waals surface area contributed by atoms with Gasteiger partial charge in [0.2, 0.25) is 23.6 Å². The monoisotopic (exact) mass is 790 g/mol. The first kappa shape index (κ1) is 42.1. The molecule has 0 aromatic heterocycles. The second-order valence-electron chi connectivity index (χ2n) is 16.0. The highest BCUT2D eigenvalue weighted by Gasteiger charge is 2.49. The van der Waals surface area contributed by atoms with Gasteiger partial charge in [-0.3, -0.25) is 28.8 Å². The lowest BCUT2D eigenvalue weighted by Gasteiger charge is -2.19. The molecule has 7 atom stereocenters. The Morgan fingerprint density at radius 2 is 1.17 bits per heavy atom. The van der Waals surface area contributed by atoms with Crippen LogP contribution in [0, 0.1) is 11.8 Å². The van der Waals surface area contributed by atoms with E-state index in [0.29, 0.717) is 18.5 Å². The quantitative estimate of drug-likeness (QED) is 0.103. The SMILES string of the molecule is CCCCCCC(=O)N[C@@H](CNC(=O)c1ccc(C(=O)N2C[C@@H](C(=O)N[C@H]3C[C@@H]3c3ccccc3)[C@H](C(=O)N[C@H]3C[C@@H]3c3ccccc3)C2)cc1)C(=O)NCCCC. The Hall–Kier alpha value is -5.52. The van der Waals surface area contributed by atoms with Gasteiger partial charge in [0.05, 0.1) is 11.8 Å². The van der Waals surface area contributed by atoms with Gasteiger partial charge in [-0.15, -0.1) is 0 Å². The number of nitrogens with one attached hydrogen (secondary N) is 5. The number of nitrogens with zero attached hydrogens (tertiary/aromatic N) is 1. The third-order valence-electron chi connectivity index (χ3n) is 11.6. The molecule has 0 bridgehead atoms. The molecule has 0 spiro atoms. The minimum absolute atomic E-state index is 0.0227. The van der Waals surface area contributed by atoms with Crippen LogP contribution in [0.4, 0.5) is 0 Å². The van der Waals surface area contributed by atoms with Crippen LogP contribution in [0.5, 0.6) is 0 Å². The Balaban J connectivity index is 1.07. The third kappa shape index (κ3) is 11.3. The average molecular weight is 791 g/mol. The second-order valence-corrected chi connectivity index (χ2v) is 16.0. The molecule has 58 heavy (non-hydrogen) atoms. The van der Waals surface area contributed by atoms with Crippen molar-refractivity contribution >= 4 is 35.4 Å². The molecule has 12 heteroatoms. The van der Waals surface area contributed by atoms with Crippen LogP contribution in [0.2, 0.25) is 0 Å². The molecular weight excluding hydrogens is 733 g/mol. The fourth-order valence-electron chi connectivity index (χ4n) is 7.87. The minimum atomic E-state index is -0.931. The van der Waals surface area contributed by atoms with Crippen LogP contribution in [0.1, 0.15) is 115 Å². The fraction of sp³-hybridized carbons (Fsp3) is 0.478. The number of unbranched alkanes of at least 4 members (excludes halogenated alkanes) is 4. The van der Waals surface area contributed by atoms with E-state index in [1.165, 1.54) is 12.1 Å². The maximum absolute atomic E-state index is 13.9. The zero-order valence-electron chi connectivity index (χ0n) is 33.7. The van der Waals surface area contributed by atoms with Gasteiger partial charge in [0.25, 0.3) is 11.8 Å². The van der Waals surface area contributed by atoms with Crippen LogP contribution >= 0.6 is 0 Å². The van der Waals surface area contributed by atoms with E-state index in [1.807, 2.05) is 43.3 Å². The third-order valence-corrected chi connectivity index (χ3v) is 11.6. The Labute approximate surface area is 341 Å². The van der Waals surface area contributed by atoms with Crippen molar-refractivity contribution in [2.45, 2.75) is 102 Å². The Bertz CT molecular complexity index is 1810. The summed E-state index contributed by atoms with van der Waals surface area (Å²) >= 11 is 0. The lowest BCUT2D eigenvalue weighted by molar-refractivity contribution is -0.133. The van der Waals surface area contributed by atoms with Gasteiger partial charge in [-0.05, 0) is 61.1 Å². The summed E-state index contributed by atoms with van der Waals surface area (Å²) in [4.78, 5) is 81.9. The molecule has 1 heterocycles. The van der Waals surface area contributed by atoms with E-state index in [-0.39, 0.29) is 78.7 Å². The summed E-state index contributed by atoms with van der Waals surface area (Å²) in [6.45, 7) is 4.67. The maximum atomic E-state index is 13.9. The number of benzene rings is 3. The lowest BCUT2D eigenvalue weighted by atomic mass is 9.94. The van der Waals surface area contributed by atoms with Crippen molar-refractivity contribution in [1.29, 1.82) is 0 Å². The van der Waals surface area contributed by atoms with E-state index < -0.39 is 23.8 Å². The highest BCUT2D eigenvalue weighted by atomic mass is 16.2. The highest BCUT2D eigenvalue weighted by molar-refractivity contribution is 5.99. The molecule has 2 aliphatic carbocycles. The van der Waals surface area contributed by atoms with E-state index in [0.717, 1.165) is 62.5 Å². The smallest absolute Gasteiger partial charge is 0.253 e. The molecule has 0 unspecified atom stereocenters. The van der Waals surface area contributed by atoms with Crippen LogP contribution in [-0.2, 0) is 19.2 Å². The van der Waals surface area contributed by atoms with Crippen LogP contribution in [0.25, 0.3) is 0 Å². The van der Waals surface area contributed by atoms with Crippen molar-refractivity contribution < 1.29 is 28.8 Å². The molecule has 3 aromatic carbocycles. The topological polar surface area (TPSA) is 166 Å². The predicted octanol–water partition coefficient (Wildman–Crippen LogP) is 4.82. The molecule has 6 rings (SSSR count). The van der Waals surface area contributed by atoms with E-state index in [4.69, 9.17) is 0 Å². The van der Waals surface area contributed by atoms with Gasteiger partial charge in [0.15, 0.2) is 0 Å². The van der Waals surface area contributed by atoms with Crippen molar-refractivity contribution in [3.05, 3.63) is 107 Å². The van der Waals surface area contributed by atoms with Gasteiger partial charge in [-0.25, -0.2) is 0 Å². The number of carbonyl (C=O) groups is 6. The molecule has 308 valence electrons. The molecule has 3 fully saturated rings. The van der Waals surface area contributed by atoms with Gasteiger partial charge >= 0.3 is 0 Å². The Morgan fingerprint density at radius 3 is 1.71 bits per heavy atom. The standard InChI is InChI=1S/C46H58N6O6/c1-3-5-7-14-19-41(53)49-40(45(57)47-24-6-4-2)27-48-42(54)32-20-22-33(23-21-32)46(58)52-28-36(43(55)50-38-25-34(38)30-15-10-8-11-16-30)37(29-52)44(56)51-39-26-35(39)31-17-12-9-13-18-31/h8-13,15-18,20-23,34-40H,3-7,14,19,24-29H2,1-2H3,(H,47,57)(H,48,54)(H,49,53)(H,50,55)(H,51,56)/t34-,35-,36-,37-,38+,39+,40+/m1/s1. The van der Waals surface area contributed by atoms with Gasteiger partial charge in [0.1, 0.15) is 6.04 Å². The first-order valence-electron chi connectivity index (χ1n) is 21.1. The molecule has 1 aliphatic heterocycles. The fourth-order valence-corrected chi connectivity index (χ4v) is 7.87. The number of rotatable bonds is 20. The van der Waals surface area contributed by atoms with E-state index in [2.05, 4.69) is 57.8 Å². The first-order chi connectivity index (χ1) is 28.2. The zero-order chi connectivity index (χ0) is 41.0. The van der Waals surface area contributed by atoms with E-state index >= 15 is 0 Å². The number of amides is 6. The summed E-state index contributed by atoms with van der Waals surface area (Å²) in [5.74, 6) is -2.85. The summed E-state index contributed by atoms with van der Waals surface area (Å²) < 4.78 is 0. The normalized spacial score (nSPS) is 22.3. The maximum Gasteiger partial charge on any atom is 0.253 e. The number of likely N-dealkylation sites (tertiary alicyclic amines) is 1. The number of carbonyl (C=O) groups excluding carboxylic acids is 6. The van der Waals surface area contributed by atoms with Crippen LogP contribution in [-0.4, -0.2) is 84.6 Å². The molecule has 12 nitrogen and oxygen atoms in total. The first-order valence-corrected chi connectivity index (χ1v) is 21.1. The van der Waals surface area contributed by atoms with Crippen molar-refractivity contribution in [2.24, 2.45) is 11.8 Å². The van der Waals surface area contributed by atoms with Gasteiger partial charge in [0, 0.05) is 67.6 Å². The van der Waals surface area contributed by atoms with Crippen molar-refractivity contribution in [2.75, 3.05) is 26.2 Å². The predicted molar refractivity (Wildman–Crippen MR) is 222 cm³/mol. The van der Waals surface area contributed by atoms with Crippen molar-refractivity contribution in [1.82, 2.24) is 31.5 Å². The van der Waals surface area contributed by atoms with Gasteiger partial charge in [-0.1, -0.05) is 100 Å². The van der Waals surface area contributed by atoms with E-state index in [1.54, 1.807) is 17.0 Å².